The number of ether oxygens (including phenoxy) is 1. The number of nitrogens with one attached hydrogen (secondary N) is 3. The minimum absolute atomic E-state index is 0.131. The first-order valence-electron chi connectivity index (χ1n) is 13.2. The molecule has 39 heavy (non-hydrogen) atoms. The molecule has 3 N–H and O–H groups in total. The van der Waals surface area contributed by atoms with Crippen molar-refractivity contribution in [3.05, 3.63) is 47.7 Å². The molecule has 0 spiro atoms. The average molecular weight is 544 g/mol. The number of hydrogen-bond acceptors (Lipinski definition) is 7. The Hall–Kier alpha value is -3.80. The molecule has 12 heteroatoms. The number of halogens is 1. The predicted octanol–water partition coefficient (Wildman–Crippen LogP) is 1.20. The Morgan fingerprint density at radius 3 is 2.79 bits per heavy atom. The Bertz CT molecular complexity index is 1190. The minimum atomic E-state index is -0.912. The van der Waals surface area contributed by atoms with Gasteiger partial charge in [-0.2, -0.15) is 0 Å². The summed E-state index contributed by atoms with van der Waals surface area (Å²) in [5.74, 6) is -1.52. The van der Waals surface area contributed by atoms with Crippen LogP contribution in [0.5, 0.6) is 0 Å². The van der Waals surface area contributed by atoms with Crippen LogP contribution in [-0.2, 0) is 43.3 Å². The normalized spacial score (nSPS) is 19.6. The van der Waals surface area contributed by atoms with Gasteiger partial charge in [0.1, 0.15) is 37.2 Å². The first kappa shape index (κ1) is 28.2. The van der Waals surface area contributed by atoms with Gasteiger partial charge in [0.2, 0.25) is 23.6 Å². The summed E-state index contributed by atoms with van der Waals surface area (Å²) in [7, 11) is 0. The van der Waals surface area contributed by atoms with Gasteiger partial charge < -0.3 is 25.1 Å². The van der Waals surface area contributed by atoms with Crippen LogP contribution in [0, 0.1) is 5.92 Å². The number of rotatable bonds is 12. The lowest BCUT2D eigenvalue weighted by Crippen LogP contribution is -2.58. The van der Waals surface area contributed by atoms with Crippen LogP contribution in [0.25, 0.3) is 0 Å². The van der Waals surface area contributed by atoms with E-state index in [0.717, 1.165) is 16.8 Å². The standard InChI is InChI=1S/C27H34FN5O6/c1-3-16(2)23(32-22(34)14-38-10-9-28)26(36)31-20-8-7-17-5-4-6-18-11-21(33(24(17)18)27(20)37)25(35)30-13-19-12-29-15-39-19/h4-6,12,15-16,20-21,23H,3,7-11,13-14H2,1-2H3,(H,30,35)(H,31,36)(H,32,34)/t16-,20-,21-,23-/m0/s1. The third-order valence-electron chi connectivity index (χ3n) is 7.21. The van der Waals surface area contributed by atoms with Crippen molar-refractivity contribution in [2.45, 2.75) is 64.2 Å². The lowest BCUT2D eigenvalue weighted by atomic mass is 9.97. The summed E-state index contributed by atoms with van der Waals surface area (Å²) >= 11 is 0. The van der Waals surface area contributed by atoms with Crippen molar-refractivity contribution in [1.29, 1.82) is 0 Å². The summed E-state index contributed by atoms with van der Waals surface area (Å²) in [6.45, 7) is 2.54. The summed E-state index contributed by atoms with van der Waals surface area (Å²) in [5.41, 5.74) is 2.54. The fourth-order valence-corrected chi connectivity index (χ4v) is 4.99. The molecule has 0 radical (unpaired) electrons. The summed E-state index contributed by atoms with van der Waals surface area (Å²) in [6.07, 6.45) is 4.59. The number of aromatic nitrogens is 1. The Morgan fingerprint density at radius 2 is 2.08 bits per heavy atom. The molecule has 0 bridgehead atoms. The lowest BCUT2D eigenvalue weighted by Gasteiger charge is -2.29. The van der Waals surface area contributed by atoms with Crippen LogP contribution in [0.15, 0.2) is 35.2 Å². The van der Waals surface area contributed by atoms with Gasteiger partial charge in [0.25, 0.3) is 0 Å². The van der Waals surface area contributed by atoms with Gasteiger partial charge in [-0.15, -0.1) is 0 Å². The quantitative estimate of drug-likeness (QED) is 0.342. The number of alkyl halides is 1. The van der Waals surface area contributed by atoms with E-state index < -0.39 is 36.6 Å². The second kappa shape index (κ2) is 12.8. The number of nitrogens with zero attached hydrogens (tertiary/aromatic N) is 2. The number of benzene rings is 1. The van der Waals surface area contributed by atoms with E-state index >= 15 is 0 Å². The van der Waals surface area contributed by atoms with Crippen LogP contribution >= 0.6 is 0 Å². The van der Waals surface area contributed by atoms with Crippen LogP contribution in [0.4, 0.5) is 10.1 Å². The number of amides is 4. The first-order valence-corrected chi connectivity index (χ1v) is 13.2. The highest BCUT2D eigenvalue weighted by Crippen LogP contribution is 2.39. The maximum atomic E-state index is 13.9. The van der Waals surface area contributed by atoms with Gasteiger partial charge in [-0.1, -0.05) is 38.5 Å². The van der Waals surface area contributed by atoms with Crippen molar-refractivity contribution in [2.75, 3.05) is 24.8 Å². The van der Waals surface area contributed by atoms with Crippen molar-refractivity contribution < 1.29 is 32.7 Å². The van der Waals surface area contributed by atoms with Crippen molar-refractivity contribution in [3.8, 4) is 0 Å². The molecule has 4 atom stereocenters. The summed E-state index contributed by atoms with van der Waals surface area (Å²) < 4.78 is 22.4. The molecule has 4 rings (SSSR count). The van der Waals surface area contributed by atoms with Crippen LogP contribution in [-0.4, -0.2) is 66.6 Å². The average Bonchev–Trinajstić information content (AvgIpc) is 3.57. The van der Waals surface area contributed by atoms with Gasteiger partial charge in [0.15, 0.2) is 6.39 Å². The maximum absolute atomic E-state index is 13.9. The number of aryl methyl sites for hydroxylation is 1. The van der Waals surface area contributed by atoms with Gasteiger partial charge in [-0.05, 0) is 29.9 Å². The van der Waals surface area contributed by atoms with E-state index in [9.17, 15) is 23.6 Å². The number of para-hydroxylation sites is 1. The molecule has 210 valence electrons. The summed E-state index contributed by atoms with van der Waals surface area (Å²) in [6, 6.07) is 3.15. The SMILES string of the molecule is CC[C@H](C)[C@H](NC(=O)COCCF)C(=O)N[C@H]1CCc2cccc3c2N(C1=O)[C@H](C(=O)NCc1cnco1)C3. The van der Waals surface area contributed by atoms with Crippen LogP contribution < -0.4 is 20.9 Å². The monoisotopic (exact) mass is 543 g/mol. The molecule has 2 aliphatic rings. The van der Waals surface area contributed by atoms with Crippen LogP contribution in [0.2, 0.25) is 0 Å². The van der Waals surface area contributed by atoms with E-state index in [0.29, 0.717) is 31.4 Å². The predicted molar refractivity (Wildman–Crippen MR) is 138 cm³/mol. The summed E-state index contributed by atoms with van der Waals surface area (Å²) in [4.78, 5) is 58.1. The van der Waals surface area contributed by atoms with E-state index in [2.05, 4.69) is 20.9 Å². The van der Waals surface area contributed by atoms with Crippen LogP contribution in [0.3, 0.4) is 0 Å². The molecule has 0 unspecified atom stereocenters. The van der Waals surface area contributed by atoms with Gasteiger partial charge in [-0.25, -0.2) is 9.37 Å². The van der Waals surface area contributed by atoms with Gasteiger partial charge in [-0.3, -0.25) is 24.1 Å². The van der Waals surface area contributed by atoms with Crippen LogP contribution in [0.1, 0.15) is 43.6 Å². The maximum Gasteiger partial charge on any atom is 0.250 e. The molecule has 1 aromatic carbocycles. The molecule has 2 aliphatic heterocycles. The highest BCUT2D eigenvalue weighted by molar-refractivity contribution is 6.08. The molecular formula is C27H34FN5O6. The summed E-state index contributed by atoms with van der Waals surface area (Å²) in [5, 5.41) is 8.30. The zero-order chi connectivity index (χ0) is 27.9. The Morgan fingerprint density at radius 1 is 1.28 bits per heavy atom. The fraction of sp³-hybridized carbons (Fsp3) is 0.519. The molecular weight excluding hydrogens is 509 g/mol. The molecule has 3 heterocycles. The first-order chi connectivity index (χ1) is 18.8. The number of carbonyl (C=O) groups is 4. The number of oxazole rings is 1. The largest absolute Gasteiger partial charge is 0.447 e. The Kier molecular flexibility index (Phi) is 9.28. The van der Waals surface area contributed by atoms with Gasteiger partial charge in [0.05, 0.1) is 25.0 Å². The van der Waals surface area contributed by atoms with E-state index in [1.165, 1.54) is 17.5 Å². The molecule has 0 saturated carbocycles. The van der Waals surface area contributed by atoms with Crippen molar-refractivity contribution in [2.24, 2.45) is 5.92 Å². The van der Waals surface area contributed by atoms with E-state index in [1.54, 1.807) is 0 Å². The van der Waals surface area contributed by atoms with Crippen molar-refractivity contribution >= 4 is 29.3 Å². The van der Waals surface area contributed by atoms with Gasteiger partial charge >= 0.3 is 0 Å². The molecule has 2 aromatic rings. The van der Waals surface area contributed by atoms with E-state index in [-0.39, 0.29) is 37.5 Å². The number of anilines is 1. The second-order valence-corrected chi connectivity index (χ2v) is 9.81. The topological polar surface area (TPSA) is 143 Å². The smallest absolute Gasteiger partial charge is 0.250 e. The van der Waals surface area contributed by atoms with Crippen molar-refractivity contribution in [3.63, 3.8) is 0 Å². The number of carbonyl (C=O) groups excluding carboxylic acids is 4. The molecule has 0 saturated heterocycles. The minimum Gasteiger partial charge on any atom is -0.447 e. The fourth-order valence-electron chi connectivity index (χ4n) is 4.99. The Balaban J connectivity index is 1.50. The molecule has 0 aliphatic carbocycles. The van der Waals surface area contributed by atoms with E-state index in [1.807, 2.05) is 32.0 Å². The second-order valence-electron chi connectivity index (χ2n) is 9.81. The molecule has 1 aromatic heterocycles. The third-order valence-corrected chi connectivity index (χ3v) is 7.21. The molecule has 4 amide bonds. The zero-order valence-electron chi connectivity index (χ0n) is 22.1. The van der Waals surface area contributed by atoms with Crippen molar-refractivity contribution in [1.82, 2.24) is 20.9 Å². The highest BCUT2D eigenvalue weighted by Gasteiger charge is 2.44. The number of hydrogen-bond donors (Lipinski definition) is 3. The lowest BCUT2D eigenvalue weighted by molar-refractivity contribution is -0.134. The zero-order valence-corrected chi connectivity index (χ0v) is 22.1. The highest BCUT2D eigenvalue weighted by atomic mass is 19.1. The molecule has 0 fully saturated rings. The van der Waals surface area contributed by atoms with E-state index in [4.69, 9.17) is 9.15 Å². The van der Waals surface area contributed by atoms with Gasteiger partial charge in [0, 0.05) is 6.42 Å². The molecule has 11 nitrogen and oxygen atoms in total. The Labute approximate surface area is 225 Å². The third kappa shape index (κ3) is 6.44.